The fourth-order valence-corrected chi connectivity index (χ4v) is 1.97. The van der Waals surface area contributed by atoms with E-state index in [1.54, 1.807) is 0 Å². The van der Waals surface area contributed by atoms with Gasteiger partial charge in [0.1, 0.15) is 0 Å². The van der Waals surface area contributed by atoms with Crippen LogP contribution < -0.4 is 0 Å². The summed E-state index contributed by atoms with van der Waals surface area (Å²) in [6, 6.07) is 0. The molecule has 2 nitrogen and oxygen atoms in total. The van der Waals surface area contributed by atoms with E-state index in [2.05, 4.69) is 18.7 Å². The van der Waals surface area contributed by atoms with Gasteiger partial charge in [-0.05, 0) is 32.4 Å². The lowest BCUT2D eigenvalue weighted by Gasteiger charge is -2.25. The third-order valence-corrected chi connectivity index (χ3v) is 2.95. The minimum atomic E-state index is -1.75. The first-order valence-corrected chi connectivity index (χ1v) is 7.01. The molecule has 0 amide bonds. The first-order valence-electron chi connectivity index (χ1n) is 7.01. The SMILES string of the molecule is CC.CCCN(CC)CC1(COC)CC1.FCF. The third kappa shape index (κ3) is 9.77. The van der Waals surface area contributed by atoms with Gasteiger partial charge in [-0.15, -0.1) is 0 Å². The Labute approximate surface area is 112 Å². The van der Waals surface area contributed by atoms with Crippen molar-refractivity contribution in [3.63, 3.8) is 0 Å². The van der Waals surface area contributed by atoms with E-state index in [9.17, 15) is 8.78 Å². The van der Waals surface area contributed by atoms with Gasteiger partial charge in [0.15, 0.2) is 0 Å². The van der Waals surface area contributed by atoms with Crippen molar-refractivity contribution in [2.45, 2.75) is 47.0 Å². The number of ether oxygens (including phenoxy) is 1. The predicted octanol–water partition coefficient (Wildman–Crippen LogP) is 4.05. The summed E-state index contributed by atoms with van der Waals surface area (Å²) >= 11 is 0. The van der Waals surface area contributed by atoms with Crippen LogP contribution in [0.2, 0.25) is 0 Å². The largest absolute Gasteiger partial charge is 0.384 e. The molecule has 0 saturated heterocycles. The number of hydrogen-bond acceptors (Lipinski definition) is 2. The molecule has 1 rings (SSSR count). The molecule has 0 aromatic heterocycles. The molecule has 18 heavy (non-hydrogen) atoms. The molecule has 0 aliphatic heterocycles. The van der Waals surface area contributed by atoms with E-state index in [-0.39, 0.29) is 0 Å². The van der Waals surface area contributed by atoms with Crippen LogP contribution in [0.4, 0.5) is 8.78 Å². The molecule has 0 radical (unpaired) electrons. The Balaban J connectivity index is 0. The highest BCUT2D eigenvalue weighted by atomic mass is 19.3. The molecule has 0 heterocycles. The summed E-state index contributed by atoms with van der Waals surface area (Å²) in [5, 5.41) is 0. The van der Waals surface area contributed by atoms with Crippen molar-refractivity contribution in [1.82, 2.24) is 4.90 Å². The Morgan fingerprint density at radius 2 is 1.67 bits per heavy atom. The summed E-state index contributed by atoms with van der Waals surface area (Å²) in [5.41, 5.74) is 0.528. The minimum absolute atomic E-state index is 0.528. The van der Waals surface area contributed by atoms with Crippen LogP contribution in [0.3, 0.4) is 0 Å². The lowest BCUT2D eigenvalue weighted by Crippen LogP contribution is -2.33. The molecule has 1 aliphatic carbocycles. The van der Waals surface area contributed by atoms with Crippen molar-refractivity contribution in [2.75, 3.05) is 40.3 Å². The van der Waals surface area contributed by atoms with Crippen molar-refractivity contribution in [3.05, 3.63) is 0 Å². The molecule has 1 fully saturated rings. The lowest BCUT2D eigenvalue weighted by molar-refractivity contribution is 0.110. The highest BCUT2D eigenvalue weighted by molar-refractivity contribution is 4.95. The molecule has 0 aromatic rings. The number of halogens is 2. The summed E-state index contributed by atoms with van der Waals surface area (Å²) in [4.78, 5) is 2.55. The Hall–Kier alpha value is -0.220. The number of methoxy groups -OCH3 is 1. The molecule has 1 aliphatic rings. The number of rotatable bonds is 7. The maximum Gasteiger partial charge on any atom is 0.229 e. The molecule has 0 atom stereocenters. The van der Waals surface area contributed by atoms with Crippen LogP contribution in [0.25, 0.3) is 0 Å². The molecule has 0 bridgehead atoms. The third-order valence-electron chi connectivity index (χ3n) is 2.95. The zero-order chi connectivity index (χ0) is 14.4. The fourth-order valence-electron chi connectivity index (χ4n) is 1.97. The fraction of sp³-hybridized carbons (Fsp3) is 1.00. The molecule has 1 saturated carbocycles. The van der Waals surface area contributed by atoms with Gasteiger partial charge < -0.3 is 9.64 Å². The molecule has 0 N–H and O–H groups in total. The van der Waals surface area contributed by atoms with Gasteiger partial charge in [0.05, 0.1) is 6.61 Å². The molecule has 0 spiro atoms. The second kappa shape index (κ2) is 13.2. The van der Waals surface area contributed by atoms with Gasteiger partial charge in [-0.1, -0.05) is 27.7 Å². The zero-order valence-electron chi connectivity index (χ0n) is 12.8. The Morgan fingerprint density at radius 3 is 1.94 bits per heavy atom. The minimum Gasteiger partial charge on any atom is -0.384 e. The van der Waals surface area contributed by atoms with E-state index in [4.69, 9.17) is 4.74 Å². The Bertz CT molecular complexity index is 164. The summed E-state index contributed by atoms with van der Waals surface area (Å²) in [6.45, 7) is 11.4. The number of hydrogen-bond donors (Lipinski definition) is 0. The van der Waals surface area contributed by atoms with Gasteiger partial charge in [-0.25, -0.2) is 8.78 Å². The van der Waals surface area contributed by atoms with Gasteiger partial charge in [-0.2, -0.15) is 0 Å². The first-order chi connectivity index (χ1) is 8.67. The summed E-state index contributed by atoms with van der Waals surface area (Å²) < 4.78 is 24.5. The van der Waals surface area contributed by atoms with Gasteiger partial charge in [0, 0.05) is 19.1 Å². The van der Waals surface area contributed by atoms with Gasteiger partial charge in [-0.3, -0.25) is 0 Å². The van der Waals surface area contributed by atoms with Crippen molar-refractivity contribution < 1.29 is 13.5 Å². The van der Waals surface area contributed by atoms with Crippen LogP contribution in [0.15, 0.2) is 0 Å². The second-order valence-electron chi connectivity index (χ2n) is 4.40. The quantitative estimate of drug-likeness (QED) is 0.690. The van der Waals surface area contributed by atoms with Crippen LogP contribution in [0.1, 0.15) is 47.0 Å². The van der Waals surface area contributed by atoms with Crippen molar-refractivity contribution in [3.8, 4) is 0 Å². The van der Waals surface area contributed by atoms with Crippen molar-refractivity contribution >= 4 is 0 Å². The van der Waals surface area contributed by atoms with E-state index in [1.807, 2.05) is 21.0 Å². The monoisotopic (exact) mass is 267 g/mol. The number of nitrogens with zero attached hydrogens (tertiary/aromatic N) is 1. The maximum atomic E-state index is 9.62. The summed E-state index contributed by atoms with van der Waals surface area (Å²) in [6.07, 6.45) is 3.99. The normalized spacial score (nSPS) is 15.3. The molecule has 4 heteroatoms. The highest BCUT2D eigenvalue weighted by Gasteiger charge is 2.43. The van der Waals surface area contributed by atoms with Crippen LogP contribution in [0.5, 0.6) is 0 Å². The van der Waals surface area contributed by atoms with Crippen molar-refractivity contribution in [1.29, 1.82) is 0 Å². The van der Waals surface area contributed by atoms with Gasteiger partial charge >= 0.3 is 0 Å². The standard InChI is InChI=1S/C11H23NO.C2H6.CH2F2/c1-4-8-12(5-2)9-11(6-7-11)10-13-3;1-2;2-1-3/h4-10H2,1-3H3;1-2H3;1H2. The van der Waals surface area contributed by atoms with Gasteiger partial charge in [0.25, 0.3) is 0 Å². The first kappa shape index (κ1) is 20.1. The smallest absolute Gasteiger partial charge is 0.229 e. The van der Waals surface area contributed by atoms with E-state index < -0.39 is 6.93 Å². The van der Waals surface area contributed by atoms with Crippen molar-refractivity contribution in [2.24, 2.45) is 5.41 Å². The summed E-state index contributed by atoms with van der Waals surface area (Å²) in [7, 11) is 1.82. The molecule has 0 unspecified atom stereocenters. The lowest BCUT2D eigenvalue weighted by atomic mass is 10.1. The maximum absolute atomic E-state index is 9.62. The predicted molar refractivity (Wildman–Crippen MR) is 74.4 cm³/mol. The average Bonchev–Trinajstić information content (AvgIpc) is 3.12. The Morgan fingerprint density at radius 1 is 1.17 bits per heavy atom. The molecule has 112 valence electrons. The van der Waals surface area contributed by atoms with Gasteiger partial charge in [0.2, 0.25) is 6.93 Å². The van der Waals surface area contributed by atoms with Crippen LogP contribution in [-0.2, 0) is 4.74 Å². The van der Waals surface area contributed by atoms with E-state index >= 15 is 0 Å². The summed E-state index contributed by atoms with van der Waals surface area (Å²) in [5.74, 6) is 0. The van der Waals surface area contributed by atoms with Crippen LogP contribution in [-0.4, -0.2) is 45.2 Å². The highest BCUT2D eigenvalue weighted by Crippen LogP contribution is 2.46. The van der Waals surface area contributed by atoms with E-state index in [0.29, 0.717) is 5.41 Å². The second-order valence-corrected chi connectivity index (χ2v) is 4.40. The Kier molecular flexibility index (Phi) is 14.8. The number of alkyl halides is 2. The topological polar surface area (TPSA) is 12.5 Å². The van der Waals surface area contributed by atoms with E-state index in [0.717, 1.165) is 6.61 Å². The molecular formula is C14H31F2NO. The molecular weight excluding hydrogens is 236 g/mol. The van der Waals surface area contributed by atoms with Crippen LogP contribution >= 0.6 is 0 Å². The molecule has 0 aromatic carbocycles. The zero-order valence-corrected chi connectivity index (χ0v) is 12.8. The average molecular weight is 267 g/mol. The van der Waals surface area contributed by atoms with E-state index in [1.165, 1.54) is 38.9 Å². The van der Waals surface area contributed by atoms with Crippen LogP contribution in [0, 0.1) is 5.41 Å².